The quantitative estimate of drug-likeness (QED) is 0.589. The lowest BCUT2D eigenvalue weighted by molar-refractivity contribution is -0.152. The van der Waals surface area contributed by atoms with Crippen LogP contribution in [0.4, 0.5) is 0 Å². The highest BCUT2D eigenvalue weighted by Gasteiger charge is 2.56. The average Bonchev–Trinajstić information content (AvgIpc) is 3.05. The van der Waals surface area contributed by atoms with E-state index in [0.717, 1.165) is 6.42 Å². The normalized spacial score (nSPS) is 42.5. The summed E-state index contributed by atoms with van der Waals surface area (Å²) in [5.74, 6) is 0.566. The van der Waals surface area contributed by atoms with E-state index in [1.165, 1.54) is 45.2 Å². The fourth-order valence-corrected chi connectivity index (χ4v) is 4.50. The van der Waals surface area contributed by atoms with Gasteiger partial charge in [0.25, 0.3) is 0 Å². The number of piperidine rings is 2. The van der Waals surface area contributed by atoms with Gasteiger partial charge in [-0.2, -0.15) is 0 Å². The topological polar surface area (TPSA) is 29.5 Å². The van der Waals surface area contributed by atoms with Crippen molar-refractivity contribution in [1.29, 1.82) is 0 Å². The highest BCUT2D eigenvalue weighted by Crippen LogP contribution is 2.52. The van der Waals surface area contributed by atoms with Crippen molar-refractivity contribution < 1.29 is 9.53 Å². The maximum atomic E-state index is 12.1. The summed E-state index contributed by atoms with van der Waals surface area (Å²) < 4.78 is 5.63. The minimum atomic E-state index is -0.249. The Labute approximate surface area is 124 Å². The minimum absolute atomic E-state index is 0.00214. The predicted molar refractivity (Wildman–Crippen MR) is 78.3 cm³/mol. The monoisotopic (exact) mass is 329 g/mol. The van der Waals surface area contributed by atoms with Crippen molar-refractivity contribution >= 4 is 21.9 Å². The number of nitrogens with zero attached hydrogens (tertiary/aromatic N) is 1. The maximum absolute atomic E-state index is 12.1. The summed E-state index contributed by atoms with van der Waals surface area (Å²) in [6.07, 6.45) is 7.38. The molecule has 1 aliphatic carbocycles. The Morgan fingerprint density at radius 2 is 2.05 bits per heavy atom. The fourth-order valence-electron chi connectivity index (χ4n) is 3.64. The Morgan fingerprint density at radius 3 is 2.79 bits per heavy atom. The van der Waals surface area contributed by atoms with Gasteiger partial charge >= 0.3 is 5.97 Å². The lowest BCUT2D eigenvalue weighted by Gasteiger charge is -2.44. The van der Waals surface area contributed by atoms with Crippen LogP contribution in [0.1, 0.15) is 45.4 Å². The van der Waals surface area contributed by atoms with Crippen LogP contribution in [-0.4, -0.2) is 41.4 Å². The average molecular weight is 330 g/mol. The van der Waals surface area contributed by atoms with Crippen molar-refractivity contribution in [3.8, 4) is 0 Å². The van der Waals surface area contributed by atoms with Crippen molar-refractivity contribution in [2.75, 3.05) is 19.7 Å². The van der Waals surface area contributed by atoms with E-state index in [4.69, 9.17) is 4.74 Å². The van der Waals surface area contributed by atoms with E-state index in [1.807, 2.05) is 6.92 Å². The molecule has 108 valence electrons. The first kappa shape index (κ1) is 13.9. The van der Waals surface area contributed by atoms with Gasteiger partial charge in [0, 0.05) is 16.8 Å². The van der Waals surface area contributed by atoms with Crippen LogP contribution in [0.3, 0.4) is 0 Å². The first-order valence-electron chi connectivity index (χ1n) is 7.66. The Kier molecular flexibility index (Phi) is 3.91. The molecule has 0 bridgehead atoms. The highest BCUT2D eigenvalue weighted by molar-refractivity contribution is 9.09. The van der Waals surface area contributed by atoms with Crippen LogP contribution in [0.25, 0.3) is 0 Å². The van der Waals surface area contributed by atoms with Gasteiger partial charge < -0.3 is 4.74 Å². The molecule has 3 rings (SSSR count). The zero-order valence-corrected chi connectivity index (χ0v) is 13.3. The van der Waals surface area contributed by atoms with E-state index in [2.05, 4.69) is 20.8 Å². The second-order valence-corrected chi connectivity index (χ2v) is 7.79. The predicted octanol–water partition coefficient (Wildman–Crippen LogP) is 2.97. The van der Waals surface area contributed by atoms with E-state index in [0.29, 0.717) is 23.4 Å². The van der Waals surface area contributed by atoms with E-state index in [1.54, 1.807) is 0 Å². The SMILES string of the molecule is C[C@]1(C(=O)OC[C@@H]2CCCN3CCCC[C@H]23)C[C@@H]1Br. The number of ether oxygens (including phenoxy) is 1. The van der Waals surface area contributed by atoms with E-state index >= 15 is 0 Å². The van der Waals surface area contributed by atoms with Gasteiger partial charge in [-0.15, -0.1) is 0 Å². The molecule has 0 radical (unpaired) electrons. The van der Waals surface area contributed by atoms with Crippen molar-refractivity contribution in [3.63, 3.8) is 0 Å². The van der Waals surface area contributed by atoms with Gasteiger partial charge in [0.05, 0.1) is 12.0 Å². The number of carbonyl (C=O) groups excluding carboxylic acids is 1. The molecule has 0 aromatic rings. The first-order valence-corrected chi connectivity index (χ1v) is 8.58. The number of esters is 1. The van der Waals surface area contributed by atoms with Gasteiger partial charge in [-0.1, -0.05) is 22.4 Å². The van der Waals surface area contributed by atoms with Crippen LogP contribution in [-0.2, 0) is 9.53 Å². The summed E-state index contributed by atoms with van der Waals surface area (Å²) in [6, 6.07) is 0.669. The summed E-state index contributed by atoms with van der Waals surface area (Å²) in [6.45, 7) is 5.13. The lowest BCUT2D eigenvalue weighted by atomic mass is 9.84. The van der Waals surface area contributed by atoms with Crippen molar-refractivity contribution in [1.82, 2.24) is 4.90 Å². The molecule has 0 N–H and O–H groups in total. The zero-order valence-electron chi connectivity index (χ0n) is 11.7. The summed E-state index contributed by atoms with van der Waals surface area (Å²) in [5.41, 5.74) is -0.249. The standard InChI is InChI=1S/C15H24BrNO2/c1-15(9-13(15)16)14(18)19-10-11-5-4-8-17-7-3-2-6-12(11)17/h11-13H,2-10H2,1H3/t11-,12+,13-,15-/m0/s1. The largest absolute Gasteiger partial charge is 0.465 e. The Hall–Kier alpha value is -0.0900. The van der Waals surface area contributed by atoms with Crippen LogP contribution in [0, 0.1) is 11.3 Å². The molecule has 0 amide bonds. The molecule has 0 aromatic heterocycles. The smallest absolute Gasteiger partial charge is 0.312 e. The van der Waals surface area contributed by atoms with Crippen LogP contribution in [0.2, 0.25) is 0 Å². The maximum Gasteiger partial charge on any atom is 0.312 e. The third kappa shape index (κ3) is 2.71. The molecule has 3 aliphatic rings. The number of hydrogen-bond acceptors (Lipinski definition) is 3. The number of alkyl halides is 1. The molecule has 0 aromatic carbocycles. The molecule has 2 saturated heterocycles. The van der Waals surface area contributed by atoms with Crippen molar-refractivity contribution in [3.05, 3.63) is 0 Å². The lowest BCUT2D eigenvalue weighted by Crippen LogP contribution is -2.49. The third-order valence-corrected chi connectivity index (χ3v) is 6.59. The van der Waals surface area contributed by atoms with Gasteiger partial charge in [0.15, 0.2) is 0 Å². The van der Waals surface area contributed by atoms with Crippen molar-refractivity contribution in [2.45, 2.75) is 56.3 Å². The number of hydrogen-bond donors (Lipinski definition) is 0. The highest BCUT2D eigenvalue weighted by atomic mass is 79.9. The number of halogens is 1. The van der Waals surface area contributed by atoms with E-state index < -0.39 is 0 Å². The molecular formula is C15H24BrNO2. The Balaban J connectivity index is 1.53. The number of fused-ring (bicyclic) bond motifs is 1. The Morgan fingerprint density at radius 1 is 1.32 bits per heavy atom. The molecule has 3 nitrogen and oxygen atoms in total. The van der Waals surface area contributed by atoms with Crippen molar-refractivity contribution in [2.24, 2.45) is 11.3 Å². The first-order chi connectivity index (χ1) is 9.11. The second-order valence-electron chi connectivity index (χ2n) is 6.69. The number of rotatable bonds is 3. The molecule has 2 heterocycles. The molecule has 3 fully saturated rings. The van der Waals surface area contributed by atoms with Crippen LogP contribution in [0.15, 0.2) is 0 Å². The second kappa shape index (κ2) is 5.36. The molecule has 0 spiro atoms. The van der Waals surface area contributed by atoms with Gasteiger partial charge in [0.1, 0.15) is 0 Å². The summed E-state index contributed by atoms with van der Waals surface area (Å²) in [7, 11) is 0. The van der Waals surface area contributed by atoms with Gasteiger partial charge in [0.2, 0.25) is 0 Å². The van der Waals surface area contributed by atoms with Crippen LogP contribution < -0.4 is 0 Å². The van der Waals surface area contributed by atoms with E-state index in [-0.39, 0.29) is 11.4 Å². The van der Waals surface area contributed by atoms with Gasteiger partial charge in [-0.05, 0) is 52.1 Å². The molecular weight excluding hydrogens is 306 g/mol. The summed E-state index contributed by atoms with van der Waals surface area (Å²) >= 11 is 3.52. The van der Waals surface area contributed by atoms with Crippen LogP contribution in [0.5, 0.6) is 0 Å². The minimum Gasteiger partial charge on any atom is -0.465 e. The van der Waals surface area contributed by atoms with E-state index in [9.17, 15) is 4.79 Å². The van der Waals surface area contributed by atoms with Gasteiger partial charge in [-0.25, -0.2) is 0 Å². The fraction of sp³-hybridized carbons (Fsp3) is 0.933. The molecule has 2 aliphatic heterocycles. The zero-order chi connectivity index (χ0) is 13.5. The molecule has 4 heteroatoms. The molecule has 4 atom stereocenters. The number of carbonyl (C=O) groups is 1. The Bertz CT molecular complexity index is 360. The third-order valence-electron chi connectivity index (χ3n) is 5.26. The summed E-state index contributed by atoms with van der Waals surface area (Å²) in [5, 5.41) is 0. The summed E-state index contributed by atoms with van der Waals surface area (Å²) in [4.78, 5) is 15.0. The van der Waals surface area contributed by atoms with Gasteiger partial charge in [-0.3, -0.25) is 9.69 Å². The molecule has 1 saturated carbocycles. The molecule has 19 heavy (non-hydrogen) atoms. The molecule has 0 unspecified atom stereocenters. The van der Waals surface area contributed by atoms with Crippen LogP contribution >= 0.6 is 15.9 Å².